The van der Waals surface area contributed by atoms with Gasteiger partial charge in [0.25, 0.3) is 0 Å². The van der Waals surface area contributed by atoms with Crippen LogP contribution in [0.2, 0.25) is 5.02 Å². The number of nitrogens with zero attached hydrogens (tertiary/aromatic N) is 3. The van der Waals surface area contributed by atoms with Gasteiger partial charge in [0.15, 0.2) is 5.78 Å². The van der Waals surface area contributed by atoms with Crippen LogP contribution in [0.15, 0.2) is 36.5 Å². The lowest BCUT2D eigenvalue weighted by atomic mass is 10.1. The fraction of sp³-hybridized carbons (Fsp3) is 0.333. The third-order valence-corrected chi connectivity index (χ3v) is 4.59. The average Bonchev–Trinajstić information content (AvgIpc) is 2.61. The Labute approximate surface area is 154 Å². The van der Waals surface area contributed by atoms with E-state index in [4.69, 9.17) is 11.6 Å². The number of alkyl halides is 3. The summed E-state index contributed by atoms with van der Waals surface area (Å²) in [6, 6.07) is 8.43. The molecule has 2 aromatic rings. The summed E-state index contributed by atoms with van der Waals surface area (Å²) < 4.78 is 39.1. The summed E-state index contributed by atoms with van der Waals surface area (Å²) in [6.07, 6.45) is -3.79. The summed E-state index contributed by atoms with van der Waals surface area (Å²) in [5.74, 6) is -0.353. The maximum atomic E-state index is 13.0. The van der Waals surface area contributed by atoms with Gasteiger partial charge in [-0.05, 0) is 30.3 Å². The van der Waals surface area contributed by atoms with Crippen molar-refractivity contribution in [3.8, 4) is 0 Å². The number of carbonyl (C=O) groups excluding carboxylic acids is 1. The van der Waals surface area contributed by atoms with Crippen LogP contribution in [0.25, 0.3) is 0 Å². The summed E-state index contributed by atoms with van der Waals surface area (Å²) in [6.45, 7) is 3.53. The third-order valence-electron chi connectivity index (χ3n) is 4.34. The topological polar surface area (TPSA) is 36.4 Å². The van der Waals surface area contributed by atoms with Gasteiger partial charge in [0.05, 0.1) is 11.3 Å². The number of benzene rings is 1. The van der Waals surface area contributed by atoms with E-state index in [-0.39, 0.29) is 17.2 Å². The third kappa shape index (κ3) is 3.93. The number of ketones is 1. The first-order valence-electron chi connectivity index (χ1n) is 8.09. The molecule has 0 amide bonds. The molecule has 1 aromatic carbocycles. The zero-order valence-corrected chi connectivity index (χ0v) is 14.8. The molecule has 0 N–H and O–H groups in total. The second-order valence-electron chi connectivity index (χ2n) is 6.10. The smallest absolute Gasteiger partial charge is 0.368 e. The molecule has 0 unspecified atom stereocenters. The molecule has 26 heavy (non-hydrogen) atoms. The first-order chi connectivity index (χ1) is 12.3. The zero-order chi connectivity index (χ0) is 18.9. The van der Waals surface area contributed by atoms with E-state index in [2.05, 4.69) is 9.88 Å². The predicted molar refractivity (Wildman–Crippen MR) is 95.1 cm³/mol. The molecular weight excluding hydrogens is 367 g/mol. The molecule has 0 bridgehead atoms. The van der Waals surface area contributed by atoms with Crippen LogP contribution in [0.3, 0.4) is 0 Å². The summed E-state index contributed by atoms with van der Waals surface area (Å²) in [5, 5.41) is 0.647. The van der Waals surface area contributed by atoms with E-state index in [1.807, 2.05) is 12.1 Å². The van der Waals surface area contributed by atoms with Crippen molar-refractivity contribution in [2.24, 2.45) is 0 Å². The Bertz CT molecular complexity index is 800. The van der Waals surface area contributed by atoms with Gasteiger partial charge in [0, 0.05) is 50.0 Å². The van der Waals surface area contributed by atoms with Crippen LogP contribution in [0.5, 0.6) is 0 Å². The summed E-state index contributed by atoms with van der Waals surface area (Å²) in [4.78, 5) is 19.5. The van der Waals surface area contributed by atoms with E-state index in [1.54, 1.807) is 17.0 Å². The maximum absolute atomic E-state index is 13.0. The number of hydrogen-bond acceptors (Lipinski definition) is 4. The number of carbonyl (C=O) groups is 1. The standard InChI is InChI=1S/C18H17ClF3N3O/c1-12(26)17-16(10-13(11-23-17)18(20,21)22)25-8-6-24(7-9-25)15-4-2-14(19)3-5-15/h2-5,10-11H,6-9H2,1H3. The van der Waals surface area contributed by atoms with E-state index in [0.29, 0.717) is 37.4 Å². The Morgan fingerprint density at radius 3 is 2.19 bits per heavy atom. The van der Waals surface area contributed by atoms with Gasteiger partial charge in [-0.25, -0.2) is 0 Å². The minimum Gasteiger partial charge on any atom is -0.368 e. The van der Waals surface area contributed by atoms with E-state index >= 15 is 0 Å². The highest BCUT2D eigenvalue weighted by Gasteiger charge is 2.33. The normalized spacial score (nSPS) is 15.3. The van der Waals surface area contributed by atoms with Gasteiger partial charge >= 0.3 is 6.18 Å². The molecule has 4 nitrogen and oxygen atoms in total. The van der Waals surface area contributed by atoms with E-state index in [9.17, 15) is 18.0 Å². The van der Waals surface area contributed by atoms with Crippen molar-refractivity contribution >= 4 is 28.8 Å². The van der Waals surface area contributed by atoms with E-state index in [1.165, 1.54) is 6.92 Å². The van der Waals surface area contributed by atoms with Crippen LogP contribution in [0.4, 0.5) is 24.5 Å². The second-order valence-corrected chi connectivity index (χ2v) is 6.53. The zero-order valence-electron chi connectivity index (χ0n) is 14.1. The fourth-order valence-corrected chi connectivity index (χ4v) is 3.10. The Morgan fingerprint density at radius 2 is 1.65 bits per heavy atom. The molecule has 0 radical (unpaired) electrons. The molecule has 1 aromatic heterocycles. The van der Waals surface area contributed by atoms with Gasteiger partial charge in [-0.3, -0.25) is 9.78 Å². The SMILES string of the molecule is CC(=O)c1ncc(C(F)(F)F)cc1N1CCN(c2ccc(Cl)cc2)CC1. The largest absolute Gasteiger partial charge is 0.417 e. The minimum atomic E-state index is -4.50. The molecular formula is C18H17ClF3N3O. The molecule has 1 saturated heterocycles. The Balaban J connectivity index is 1.81. The quantitative estimate of drug-likeness (QED) is 0.741. The van der Waals surface area contributed by atoms with Crippen LogP contribution >= 0.6 is 11.6 Å². The number of hydrogen-bond donors (Lipinski definition) is 0. The lowest BCUT2D eigenvalue weighted by molar-refractivity contribution is -0.137. The van der Waals surface area contributed by atoms with Crippen molar-refractivity contribution in [2.75, 3.05) is 36.0 Å². The number of Topliss-reactive ketones (excluding diaryl/α,β-unsaturated/α-hetero) is 1. The van der Waals surface area contributed by atoms with Crippen LogP contribution in [-0.2, 0) is 6.18 Å². The summed E-state index contributed by atoms with van der Waals surface area (Å²) >= 11 is 5.89. The number of halogens is 4. The summed E-state index contributed by atoms with van der Waals surface area (Å²) in [7, 11) is 0. The van der Waals surface area contributed by atoms with Crippen molar-refractivity contribution in [1.82, 2.24) is 4.98 Å². The van der Waals surface area contributed by atoms with Crippen LogP contribution in [-0.4, -0.2) is 36.9 Å². The molecule has 0 atom stereocenters. The summed E-state index contributed by atoms with van der Waals surface area (Å²) in [5.41, 5.74) is 0.460. The molecule has 2 heterocycles. The molecule has 8 heteroatoms. The van der Waals surface area contributed by atoms with Crippen LogP contribution < -0.4 is 9.80 Å². The molecule has 1 aliphatic rings. The van der Waals surface area contributed by atoms with Gasteiger partial charge in [-0.1, -0.05) is 11.6 Å². The fourth-order valence-electron chi connectivity index (χ4n) is 2.98. The Hall–Kier alpha value is -2.28. The minimum absolute atomic E-state index is 0.0675. The second kappa shape index (κ2) is 7.15. The van der Waals surface area contributed by atoms with Gasteiger partial charge in [0.1, 0.15) is 5.69 Å². The Morgan fingerprint density at radius 1 is 1.08 bits per heavy atom. The van der Waals surface area contributed by atoms with Crippen LogP contribution in [0, 0.1) is 0 Å². The lowest BCUT2D eigenvalue weighted by Crippen LogP contribution is -2.47. The lowest BCUT2D eigenvalue weighted by Gasteiger charge is -2.38. The molecule has 0 aliphatic carbocycles. The van der Waals surface area contributed by atoms with Gasteiger partial charge in [-0.2, -0.15) is 13.2 Å². The van der Waals surface area contributed by atoms with E-state index in [0.717, 1.165) is 11.8 Å². The van der Waals surface area contributed by atoms with Crippen LogP contribution in [0.1, 0.15) is 23.0 Å². The van der Waals surface area contributed by atoms with Gasteiger partial charge < -0.3 is 9.80 Å². The Kier molecular flexibility index (Phi) is 5.09. The highest BCUT2D eigenvalue weighted by atomic mass is 35.5. The van der Waals surface area contributed by atoms with Crippen molar-refractivity contribution in [1.29, 1.82) is 0 Å². The molecule has 1 fully saturated rings. The number of anilines is 2. The van der Waals surface area contributed by atoms with Gasteiger partial charge in [0.2, 0.25) is 0 Å². The number of aromatic nitrogens is 1. The molecule has 1 aliphatic heterocycles. The number of pyridine rings is 1. The number of piperazine rings is 1. The van der Waals surface area contributed by atoms with Crippen molar-refractivity contribution in [2.45, 2.75) is 13.1 Å². The van der Waals surface area contributed by atoms with Gasteiger partial charge in [-0.15, -0.1) is 0 Å². The first-order valence-corrected chi connectivity index (χ1v) is 8.47. The molecule has 138 valence electrons. The maximum Gasteiger partial charge on any atom is 0.417 e. The monoisotopic (exact) mass is 383 g/mol. The first kappa shape index (κ1) is 18.5. The van der Waals surface area contributed by atoms with Crippen molar-refractivity contribution in [3.05, 3.63) is 52.8 Å². The van der Waals surface area contributed by atoms with Crippen molar-refractivity contribution < 1.29 is 18.0 Å². The highest BCUT2D eigenvalue weighted by Crippen LogP contribution is 2.33. The predicted octanol–water partition coefficient (Wildman–Crippen LogP) is 4.28. The number of rotatable bonds is 3. The highest BCUT2D eigenvalue weighted by molar-refractivity contribution is 6.30. The molecule has 3 rings (SSSR count). The van der Waals surface area contributed by atoms with E-state index < -0.39 is 11.7 Å². The molecule has 0 saturated carbocycles. The average molecular weight is 384 g/mol. The molecule has 0 spiro atoms. The van der Waals surface area contributed by atoms with Crippen molar-refractivity contribution in [3.63, 3.8) is 0 Å².